The van der Waals surface area contributed by atoms with E-state index < -0.39 is 10.0 Å². The third-order valence-electron chi connectivity index (χ3n) is 5.48. The van der Waals surface area contributed by atoms with E-state index >= 15 is 0 Å². The molecule has 1 aromatic carbocycles. The van der Waals surface area contributed by atoms with E-state index in [0.29, 0.717) is 24.0 Å². The smallest absolute Gasteiger partial charge is 0.243 e. The number of rotatable bonds is 5. The lowest BCUT2D eigenvalue weighted by molar-refractivity contribution is -0.122. The fourth-order valence-electron chi connectivity index (χ4n) is 4.05. The molecule has 1 N–H and O–H groups in total. The maximum atomic E-state index is 12.7. The van der Waals surface area contributed by atoms with Gasteiger partial charge in [-0.2, -0.15) is 4.31 Å². The lowest BCUT2D eigenvalue weighted by Crippen LogP contribution is -2.35. The number of sulfonamides is 1. The highest BCUT2D eigenvalue weighted by molar-refractivity contribution is 7.89. The Kier molecular flexibility index (Phi) is 4.75. The second-order valence-corrected chi connectivity index (χ2v) is 9.26. The Morgan fingerprint density at radius 3 is 2.54 bits per heavy atom. The van der Waals surface area contributed by atoms with Gasteiger partial charge in [0.05, 0.1) is 4.90 Å². The van der Waals surface area contributed by atoms with E-state index in [2.05, 4.69) is 5.32 Å². The summed E-state index contributed by atoms with van der Waals surface area (Å²) in [4.78, 5) is 12.6. The highest BCUT2D eigenvalue weighted by Crippen LogP contribution is 2.25. The largest absolute Gasteiger partial charge is 0.352 e. The number of hydrogen-bond donors (Lipinski definition) is 1. The molecule has 0 atom stereocenters. The topological polar surface area (TPSA) is 71.4 Å². The SMILES string of the molecule is O=C(Cn1ccc2cc(S(=O)(=O)N3CCCC3)ccc21)NC1CCCC1. The van der Waals surface area contributed by atoms with Crippen molar-refractivity contribution in [3.05, 3.63) is 30.5 Å². The maximum absolute atomic E-state index is 12.7. The zero-order valence-corrected chi connectivity index (χ0v) is 15.7. The number of nitrogens with one attached hydrogen (secondary N) is 1. The summed E-state index contributed by atoms with van der Waals surface area (Å²) in [6, 6.07) is 7.36. The first kappa shape index (κ1) is 17.5. The molecule has 1 aromatic heterocycles. The minimum atomic E-state index is -3.41. The molecule has 0 unspecified atom stereocenters. The molecule has 1 saturated carbocycles. The van der Waals surface area contributed by atoms with Gasteiger partial charge in [-0.1, -0.05) is 12.8 Å². The molecule has 0 bridgehead atoms. The van der Waals surface area contributed by atoms with Gasteiger partial charge >= 0.3 is 0 Å². The van der Waals surface area contributed by atoms with Gasteiger partial charge in [0.1, 0.15) is 6.54 Å². The van der Waals surface area contributed by atoms with Crippen molar-refractivity contribution < 1.29 is 13.2 Å². The Balaban J connectivity index is 1.52. The third-order valence-corrected chi connectivity index (χ3v) is 7.37. The van der Waals surface area contributed by atoms with Crippen LogP contribution in [0.1, 0.15) is 38.5 Å². The molecule has 2 aromatic rings. The lowest BCUT2D eigenvalue weighted by atomic mass is 10.2. The average Bonchev–Trinajstić information content (AvgIpc) is 3.36. The fourth-order valence-corrected chi connectivity index (χ4v) is 5.61. The van der Waals surface area contributed by atoms with Crippen molar-refractivity contribution in [3.8, 4) is 0 Å². The van der Waals surface area contributed by atoms with E-state index in [1.54, 1.807) is 22.5 Å². The Labute approximate surface area is 154 Å². The summed E-state index contributed by atoms with van der Waals surface area (Å²) in [5, 5.41) is 3.94. The van der Waals surface area contributed by atoms with Crippen LogP contribution in [0.3, 0.4) is 0 Å². The molecule has 4 rings (SSSR count). The van der Waals surface area contributed by atoms with Gasteiger partial charge in [0.2, 0.25) is 15.9 Å². The van der Waals surface area contributed by atoms with Gasteiger partial charge in [-0.3, -0.25) is 4.79 Å². The second-order valence-electron chi connectivity index (χ2n) is 7.32. The first-order valence-electron chi connectivity index (χ1n) is 9.42. The van der Waals surface area contributed by atoms with Gasteiger partial charge in [0, 0.05) is 36.2 Å². The molecule has 7 heteroatoms. The predicted molar refractivity (Wildman–Crippen MR) is 100 cm³/mol. The Morgan fingerprint density at radius 1 is 1.08 bits per heavy atom. The lowest BCUT2D eigenvalue weighted by Gasteiger charge is -2.16. The van der Waals surface area contributed by atoms with Crippen LogP contribution in [0.25, 0.3) is 10.9 Å². The predicted octanol–water partition coefficient (Wildman–Crippen LogP) is 2.48. The van der Waals surface area contributed by atoms with Crippen molar-refractivity contribution in [2.75, 3.05) is 13.1 Å². The van der Waals surface area contributed by atoms with Crippen LogP contribution in [0.15, 0.2) is 35.4 Å². The van der Waals surface area contributed by atoms with Crippen LogP contribution in [0.4, 0.5) is 0 Å². The van der Waals surface area contributed by atoms with Crippen molar-refractivity contribution in [3.63, 3.8) is 0 Å². The molecule has 6 nitrogen and oxygen atoms in total. The number of carbonyl (C=O) groups is 1. The van der Waals surface area contributed by atoms with Gasteiger partial charge in [0.25, 0.3) is 0 Å². The average molecular weight is 375 g/mol. The Morgan fingerprint density at radius 2 is 1.81 bits per heavy atom. The second kappa shape index (κ2) is 7.04. The van der Waals surface area contributed by atoms with Crippen molar-refractivity contribution >= 4 is 26.8 Å². The van der Waals surface area contributed by atoms with E-state index in [1.165, 1.54) is 12.8 Å². The first-order chi connectivity index (χ1) is 12.5. The number of nitrogens with zero attached hydrogens (tertiary/aromatic N) is 2. The Bertz CT molecular complexity index is 907. The van der Waals surface area contributed by atoms with Crippen molar-refractivity contribution in [1.29, 1.82) is 0 Å². The zero-order valence-electron chi connectivity index (χ0n) is 14.9. The molecule has 2 aliphatic rings. The molecule has 0 radical (unpaired) electrons. The number of amides is 1. The van der Waals surface area contributed by atoms with Crippen LogP contribution in [-0.4, -0.2) is 42.3 Å². The number of hydrogen-bond acceptors (Lipinski definition) is 3. The summed E-state index contributed by atoms with van der Waals surface area (Å²) in [6.07, 6.45) is 8.20. The van der Waals surface area contributed by atoms with Crippen molar-refractivity contribution in [2.24, 2.45) is 0 Å². The molecule has 2 fully saturated rings. The number of benzene rings is 1. The molecule has 1 aliphatic heterocycles. The summed E-state index contributed by atoms with van der Waals surface area (Å²) in [7, 11) is -3.41. The number of fused-ring (bicyclic) bond motifs is 1. The molecule has 140 valence electrons. The quantitative estimate of drug-likeness (QED) is 0.873. The maximum Gasteiger partial charge on any atom is 0.243 e. The van der Waals surface area contributed by atoms with Gasteiger partial charge < -0.3 is 9.88 Å². The molecule has 0 spiro atoms. The van der Waals surface area contributed by atoms with Crippen LogP contribution < -0.4 is 5.32 Å². The summed E-state index contributed by atoms with van der Waals surface area (Å²) >= 11 is 0. The van der Waals surface area contributed by atoms with E-state index in [1.807, 2.05) is 16.8 Å². The molecular weight excluding hydrogens is 350 g/mol. The van der Waals surface area contributed by atoms with E-state index in [-0.39, 0.29) is 12.5 Å². The van der Waals surface area contributed by atoms with E-state index in [4.69, 9.17) is 0 Å². The molecule has 1 amide bonds. The first-order valence-corrected chi connectivity index (χ1v) is 10.9. The van der Waals surface area contributed by atoms with Gasteiger partial charge in [-0.15, -0.1) is 0 Å². The minimum absolute atomic E-state index is 0.0168. The van der Waals surface area contributed by atoms with Gasteiger partial charge in [-0.05, 0) is 49.9 Å². The van der Waals surface area contributed by atoms with Crippen LogP contribution in [-0.2, 0) is 21.4 Å². The minimum Gasteiger partial charge on any atom is -0.352 e. The normalized spacial score (nSPS) is 19.4. The van der Waals surface area contributed by atoms with E-state index in [9.17, 15) is 13.2 Å². The zero-order chi connectivity index (χ0) is 18.1. The van der Waals surface area contributed by atoms with E-state index in [0.717, 1.165) is 36.6 Å². The third kappa shape index (κ3) is 3.38. The molecule has 26 heavy (non-hydrogen) atoms. The van der Waals surface area contributed by atoms with Gasteiger partial charge in [0.15, 0.2) is 0 Å². The Hall–Kier alpha value is -1.86. The molecule has 1 aliphatic carbocycles. The van der Waals surface area contributed by atoms with Crippen LogP contribution >= 0.6 is 0 Å². The van der Waals surface area contributed by atoms with Crippen LogP contribution in [0, 0.1) is 0 Å². The summed E-state index contributed by atoms with van der Waals surface area (Å²) < 4.78 is 28.9. The molecule has 2 heterocycles. The number of aromatic nitrogens is 1. The molecular formula is C19H25N3O3S. The standard InChI is InChI=1S/C19H25N3O3S/c23-19(20-16-5-1-2-6-16)14-21-12-9-15-13-17(7-8-18(15)21)26(24,25)22-10-3-4-11-22/h7-9,12-13,16H,1-6,10-11,14H2,(H,20,23). The summed E-state index contributed by atoms with van der Waals surface area (Å²) in [5.74, 6) is 0.0168. The van der Waals surface area contributed by atoms with Crippen molar-refractivity contribution in [2.45, 2.75) is 56.0 Å². The van der Waals surface area contributed by atoms with Crippen LogP contribution in [0.2, 0.25) is 0 Å². The number of carbonyl (C=O) groups excluding carboxylic acids is 1. The van der Waals surface area contributed by atoms with Gasteiger partial charge in [-0.25, -0.2) is 8.42 Å². The fraction of sp³-hybridized carbons (Fsp3) is 0.526. The highest BCUT2D eigenvalue weighted by Gasteiger charge is 2.27. The summed E-state index contributed by atoms with van der Waals surface area (Å²) in [5.41, 5.74) is 0.881. The monoisotopic (exact) mass is 375 g/mol. The molecule has 1 saturated heterocycles. The van der Waals surface area contributed by atoms with Crippen molar-refractivity contribution in [1.82, 2.24) is 14.2 Å². The summed E-state index contributed by atoms with van der Waals surface area (Å²) in [6.45, 7) is 1.46. The van der Waals surface area contributed by atoms with Crippen LogP contribution in [0.5, 0.6) is 0 Å². The highest BCUT2D eigenvalue weighted by atomic mass is 32.2.